The van der Waals surface area contributed by atoms with Crippen LogP contribution < -0.4 is 5.32 Å². The summed E-state index contributed by atoms with van der Waals surface area (Å²) in [7, 11) is 0. The maximum absolute atomic E-state index is 4.77. The molecule has 0 unspecified atom stereocenters. The van der Waals surface area contributed by atoms with Crippen LogP contribution in [0.1, 0.15) is 37.9 Å². The summed E-state index contributed by atoms with van der Waals surface area (Å²) in [6, 6.07) is 0. The maximum Gasteiger partial charge on any atom is 0.180 e. The van der Waals surface area contributed by atoms with Crippen LogP contribution in [0, 0.1) is 0 Å². The zero-order chi connectivity index (χ0) is 13.9. The van der Waals surface area contributed by atoms with Crippen LogP contribution in [0.15, 0.2) is 12.5 Å². The van der Waals surface area contributed by atoms with Crippen molar-refractivity contribution in [2.75, 3.05) is 11.9 Å². The highest BCUT2D eigenvalue weighted by Gasteiger charge is 2.20. The first-order chi connectivity index (χ1) is 9.83. The molecule has 0 radical (unpaired) electrons. The van der Waals surface area contributed by atoms with Crippen LogP contribution in [0.4, 0.5) is 5.82 Å². The Morgan fingerprint density at radius 1 is 1.25 bits per heavy atom. The van der Waals surface area contributed by atoms with Crippen molar-refractivity contribution in [3.63, 3.8) is 0 Å². The van der Waals surface area contributed by atoms with E-state index in [9.17, 15) is 0 Å². The van der Waals surface area contributed by atoms with Crippen molar-refractivity contribution in [3.05, 3.63) is 23.8 Å². The molecular weight excluding hydrogens is 250 g/mol. The Morgan fingerprint density at radius 2 is 2.15 bits per heavy atom. The lowest BCUT2D eigenvalue weighted by atomic mass is 10.2. The first kappa shape index (κ1) is 13.1. The average molecular weight is 271 g/mol. The van der Waals surface area contributed by atoms with E-state index < -0.39 is 0 Å². The van der Waals surface area contributed by atoms with E-state index in [-0.39, 0.29) is 0 Å². The number of imidazole rings is 1. The summed E-state index contributed by atoms with van der Waals surface area (Å²) in [4.78, 5) is 13.8. The third kappa shape index (κ3) is 2.28. The van der Waals surface area contributed by atoms with Gasteiger partial charge < -0.3 is 9.88 Å². The van der Waals surface area contributed by atoms with E-state index in [1.165, 1.54) is 17.7 Å². The molecule has 20 heavy (non-hydrogen) atoms. The molecular formula is C15H21N5. The summed E-state index contributed by atoms with van der Waals surface area (Å²) in [5.74, 6) is 1.81. The summed E-state index contributed by atoms with van der Waals surface area (Å²) in [5, 5.41) is 3.38. The third-order valence-corrected chi connectivity index (χ3v) is 3.68. The normalized spacial score (nSPS) is 13.5. The minimum absolute atomic E-state index is 0.799. The number of aromatic nitrogens is 4. The van der Waals surface area contributed by atoms with E-state index in [1.54, 1.807) is 0 Å². The van der Waals surface area contributed by atoms with Crippen molar-refractivity contribution in [1.82, 2.24) is 19.5 Å². The van der Waals surface area contributed by atoms with Crippen LogP contribution in [0.3, 0.4) is 0 Å². The second-order valence-electron chi connectivity index (χ2n) is 5.18. The van der Waals surface area contributed by atoms with Crippen molar-refractivity contribution in [1.29, 1.82) is 0 Å². The van der Waals surface area contributed by atoms with E-state index in [4.69, 9.17) is 9.97 Å². The molecule has 5 heteroatoms. The number of fused-ring (bicyclic) bond motifs is 1. The van der Waals surface area contributed by atoms with E-state index in [0.29, 0.717) is 0 Å². The van der Waals surface area contributed by atoms with Gasteiger partial charge in [-0.2, -0.15) is 0 Å². The van der Waals surface area contributed by atoms with Crippen LogP contribution >= 0.6 is 0 Å². The van der Waals surface area contributed by atoms with Gasteiger partial charge in [0.15, 0.2) is 5.82 Å². The molecule has 3 rings (SSSR count). The number of hydrogen-bond donors (Lipinski definition) is 1. The molecule has 0 saturated carbocycles. The fourth-order valence-corrected chi connectivity index (χ4v) is 2.79. The third-order valence-electron chi connectivity index (χ3n) is 3.68. The molecule has 0 amide bonds. The molecule has 2 heterocycles. The van der Waals surface area contributed by atoms with Crippen molar-refractivity contribution in [3.8, 4) is 11.5 Å². The van der Waals surface area contributed by atoms with E-state index in [1.807, 2.05) is 12.5 Å². The molecule has 0 saturated heterocycles. The van der Waals surface area contributed by atoms with Gasteiger partial charge in [-0.3, -0.25) is 0 Å². The Bertz CT molecular complexity index is 602. The van der Waals surface area contributed by atoms with Crippen LogP contribution in [0.25, 0.3) is 11.5 Å². The van der Waals surface area contributed by atoms with E-state index >= 15 is 0 Å². The van der Waals surface area contributed by atoms with E-state index in [0.717, 1.165) is 49.7 Å². The second kappa shape index (κ2) is 5.61. The molecule has 0 bridgehead atoms. The highest BCUT2D eigenvalue weighted by Crippen LogP contribution is 2.29. The minimum Gasteiger partial charge on any atom is -0.370 e. The number of anilines is 1. The largest absolute Gasteiger partial charge is 0.370 e. The average Bonchev–Trinajstić information content (AvgIpc) is 3.07. The highest BCUT2D eigenvalue weighted by molar-refractivity contribution is 5.57. The number of aryl methyl sites for hydroxylation is 2. The fraction of sp³-hybridized carbons (Fsp3) is 0.533. The van der Waals surface area contributed by atoms with Gasteiger partial charge >= 0.3 is 0 Å². The zero-order valence-corrected chi connectivity index (χ0v) is 12.2. The lowest BCUT2D eigenvalue weighted by Crippen LogP contribution is -2.08. The minimum atomic E-state index is 0.799. The smallest absolute Gasteiger partial charge is 0.180 e. The standard InChI is InChI=1S/C15H21N5/c1-3-8-20-10-16-9-13(20)15-18-12-7-5-6-11(12)14(19-15)17-4-2/h9-10H,3-8H2,1-2H3,(H,17,18,19). The Balaban J connectivity index is 2.05. The SMILES string of the molecule is CCCn1cncc1-c1nc2c(c(NCC)n1)CCC2. The Hall–Kier alpha value is -1.91. The van der Waals surface area contributed by atoms with Gasteiger partial charge in [-0.25, -0.2) is 15.0 Å². The molecule has 1 aliphatic rings. The van der Waals surface area contributed by atoms with Crippen LogP contribution in [-0.4, -0.2) is 26.1 Å². The van der Waals surface area contributed by atoms with Crippen LogP contribution in [-0.2, 0) is 19.4 Å². The topological polar surface area (TPSA) is 55.6 Å². The summed E-state index contributed by atoms with van der Waals surface area (Å²) >= 11 is 0. The molecule has 2 aromatic heterocycles. The molecule has 0 aliphatic heterocycles. The zero-order valence-electron chi connectivity index (χ0n) is 12.2. The Morgan fingerprint density at radius 3 is 2.95 bits per heavy atom. The number of rotatable bonds is 5. The predicted octanol–water partition coefficient (Wildman–Crippen LogP) is 2.67. The first-order valence-corrected chi connectivity index (χ1v) is 7.47. The molecule has 0 fully saturated rings. The molecule has 106 valence electrons. The Labute approximate surface area is 119 Å². The van der Waals surface area contributed by atoms with Crippen LogP contribution in [0.5, 0.6) is 0 Å². The van der Waals surface area contributed by atoms with Crippen LogP contribution in [0.2, 0.25) is 0 Å². The lowest BCUT2D eigenvalue weighted by molar-refractivity contribution is 0.681. The summed E-state index contributed by atoms with van der Waals surface area (Å²) in [6.07, 6.45) is 8.14. The number of hydrogen-bond acceptors (Lipinski definition) is 4. The van der Waals surface area contributed by atoms with Gasteiger partial charge in [0.05, 0.1) is 12.5 Å². The lowest BCUT2D eigenvalue weighted by Gasteiger charge is -2.12. The van der Waals surface area contributed by atoms with Gasteiger partial charge in [-0.05, 0) is 32.6 Å². The van der Waals surface area contributed by atoms with Gasteiger partial charge in [-0.1, -0.05) is 6.92 Å². The molecule has 5 nitrogen and oxygen atoms in total. The molecule has 0 spiro atoms. The predicted molar refractivity (Wildman–Crippen MR) is 79.7 cm³/mol. The number of nitrogens with zero attached hydrogens (tertiary/aromatic N) is 4. The number of nitrogens with one attached hydrogen (secondary N) is 1. The van der Waals surface area contributed by atoms with Gasteiger partial charge in [0.1, 0.15) is 11.5 Å². The molecule has 0 atom stereocenters. The Kier molecular flexibility index (Phi) is 3.67. The highest BCUT2D eigenvalue weighted by atomic mass is 15.1. The quantitative estimate of drug-likeness (QED) is 0.908. The molecule has 1 N–H and O–H groups in total. The van der Waals surface area contributed by atoms with Crippen molar-refractivity contribution < 1.29 is 0 Å². The second-order valence-corrected chi connectivity index (χ2v) is 5.18. The summed E-state index contributed by atoms with van der Waals surface area (Å²) in [5.41, 5.74) is 3.52. The summed E-state index contributed by atoms with van der Waals surface area (Å²) < 4.78 is 2.13. The summed E-state index contributed by atoms with van der Waals surface area (Å²) in [6.45, 7) is 6.10. The molecule has 0 aromatic carbocycles. The maximum atomic E-state index is 4.77. The molecule has 2 aromatic rings. The van der Waals surface area contributed by atoms with Crippen molar-refractivity contribution in [2.45, 2.75) is 46.1 Å². The fourth-order valence-electron chi connectivity index (χ4n) is 2.79. The molecule has 1 aliphatic carbocycles. The van der Waals surface area contributed by atoms with Gasteiger partial charge in [0.2, 0.25) is 0 Å². The van der Waals surface area contributed by atoms with Gasteiger partial charge in [-0.15, -0.1) is 0 Å². The van der Waals surface area contributed by atoms with Crippen molar-refractivity contribution in [2.24, 2.45) is 0 Å². The van der Waals surface area contributed by atoms with Gasteiger partial charge in [0, 0.05) is 24.3 Å². The monoisotopic (exact) mass is 271 g/mol. The van der Waals surface area contributed by atoms with Crippen molar-refractivity contribution >= 4 is 5.82 Å². The van der Waals surface area contributed by atoms with E-state index in [2.05, 4.69) is 28.7 Å². The van der Waals surface area contributed by atoms with Gasteiger partial charge in [0.25, 0.3) is 0 Å². The first-order valence-electron chi connectivity index (χ1n) is 7.47.